The summed E-state index contributed by atoms with van der Waals surface area (Å²) in [6.07, 6.45) is 1.46. The molecule has 1 heterocycles. The summed E-state index contributed by atoms with van der Waals surface area (Å²) in [4.78, 5) is 14.1. The third-order valence-corrected chi connectivity index (χ3v) is 4.33. The van der Waals surface area contributed by atoms with Crippen molar-refractivity contribution in [1.82, 2.24) is 10.2 Å². The molecule has 1 aliphatic rings. The Kier molecular flexibility index (Phi) is 6.20. The van der Waals surface area contributed by atoms with Crippen LogP contribution < -0.4 is 5.32 Å². The maximum absolute atomic E-state index is 12.5. The number of hydrogen-bond acceptors (Lipinski definition) is 4. The van der Waals surface area contributed by atoms with E-state index >= 15 is 0 Å². The predicted octanol–water partition coefficient (Wildman–Crippen LogP) is 2.58. The van der Waals surface area contributed by atoms with E-state index in [1.807, 2.05) is 44.2 Å². The fraction of sp³-hybridized carbons (Fsp3) is 0.412. The number of morpholine rings is 1. The van der Waals surface area contributed by atoms with Crippen molar-refractivity contribution < 1.29 is 9.53 Å². The van der Waals surface area contributed by atoms with Gasteiger partial charge >= 0.3 is 0 Å². The van der Waals surface area contributed by atoms with Gasteiger partial charge in [-0.2, -0.15) is 5.26 Å². The number of benzene rings is 1. The Labute approximate surface area is 145 Å². The Morgan fingerprint density at radius 3 is 2.70 bits per heavy atom. The minimum Gasteiger partial charge on any atom is -0.386 e. The van der Waals surface area contributed by atoms with Crippen LogP contribution in [-0.2, 0) is 16.1 Å². The van der Waals surface area contributed by atoms with E-state index in [4.69, 9.17) is 4.74 Å². The third-order valence-electron chi connectivity index (χ3n) is 3.55. The Bertz CT molecular complexity index is 629. The number of nitriles is 1. The molecule has 2 rings (SSSR count). The van der Waals surface area contributed by atoms with E-state index in [1.54, 1.807) is 4.90 Å². The van der Waals surface area contributed by atoms with Gasteiger partial charge in [-0.15, -0.1) is 0 Å². The quantitative estimate of drug-likeness (QED) is 0.646. The standard InChI is InChI=1S/C17H20BrN3O2/c1-12-10-21(11-13(2)23-12)17(22)15(7-19)9-20-8-14-5-3-4-6-16(14)18/h3-6,9,12-13,20H,8,10-11H2,1-2H3/b15-9-. The molecule has 1 aromatic carbocycles. The number of nitrogens with one attached hydrogen (secondary N) is 1. The fourth-order valence-electron chi connectivity index (χ4n) is 2.56. The molecule has 0 spiro atoms. The second-order valence-electron chi connectivity index (χ2n) is 5.61. The molecular weight excluding hydrogens is 358 g/mol. The topological polar surface area (TPSA) is 65.4 Å². The van der Waals surface area contributed by atoms with Crippen LogP contribution in [0.5, 0.6) is 0 Å². The number of ether oxygens (including phenoxy) is 1. The number of halogens is 1. The van der Waals surface area contributed by atoms with Crippen LogP contribution in [-0.4, -0.2) is 36.1 Å². The first-order valence-corrected chi connectivity index (χ1v) is 8.32. The highest BCUT2D eigenvalue weighted by Gasteiger charge is 2.27. The molecule has 23 heavy (non-hydrogen) atoms. The average Bonchev–Trinajstić information content (AvgIpc) is 2.51. The molecule has 1 saturated heterocycles. The van der Waals surface area contributed by atoms with E-state index < -0.39 is 0 Å². The first-order valence-electron chi connectivity index (χ1n) is 7.53. The highest BCUT2D eigenvalue weighted by Crippen LogP contribution is 2.16. The highest BCUT2D eigenvalue weighted by molar-refractivity contribution is 9.10. The lowest BCUT2D eigenvalue weighted by molar-refractivity contribution is -0.138. The van der Waals surface area contributed by atoms with Crippen molar-refractivity contribution in [3.63, 3.8) is 0 Å². The van der Waals surface area contributed by atoms with Gasteiger partial charge < -0.3 is 15.0 Å². The summed E-state index contributed by atoms with van der Waals surface area (Å²) in [6.45, 7) is 5.41. The van der Waals surface area contributed by atoms with Crippen molar-refractivity contribution in [2.75, 3.05) is 13.1 Å². The smallest absolute Gasteiger partial charge is 0.266 e. The number of amides is 1. The van der Waals surface area contributed by atoms with E-state index in [0.717, 1.165) is 10.0 Å². The Morgan fingerprint density at radius 1 is 1.43 bits per heavy atom. The second kappa shape index (κ2) is 8.14. The first-order chi connectivity index (χ1) is 11.0. The number of hydrogen-bond donors (Lipinski definition) is 1. The van der Waals surface area contributed by atoms with Gasteiger partial charge in [0, 0.05) is 30.3 Å². The number of carbonyl (C=O) groups is 1. The van der Waals surface area contributed by atoms with Gasteiger partial charge in [0.15, 0.2) is 0 Å². The molecule has 0 aliphatic carbocycles. The van der Waals surface area contributed by atoms with Crippen LogP contribution in [0.25, 0.3) is 0 Å². The molecule has 2 atom stereocenters. The van der Waals surface area contributed by atoms with Gasteiger partial charge in [0.2, 0.25) is 0 Å². The molecule has 5 nitrogen and oxygen atoms in total. The molecule has 6 heteroatoms. The molecule has 1 fully saturated rings. The molecule has 1 N–H and O–H groups in total. The molecule has 0 aromatic heterocycles. The van der Waals surface area contributed by atoms with Gasteiger partial charge in [0.05, 0.1) is 12.2 Å². The predicted molar refractivity (Wildman–Crippen MR) is 91.3 cm³/mol. The maximum atomic E-state index is 12.5. The summed E-state index contributed by atoms with van der Waals surface area (Å²) in [5.41, 5.74) is 1.17. The van der Waals surface area contributed by atoms with Gasteiger partial charge in [-0.25, -0.2) is 0 Å². The first kappa shape index (κ1) is 17.5. The van der Waals surface area contributed by atoms with Crippen molar-refractivity contribution in [2.24, 2.45) is 0 Å². The summed E-state index contributed by atoms with van der Waals surface area (Å²) in [5.74, 6) is -0.255. The lowest BCUT2D eigenvalue weighted by atomic mass is 10.2. The monoisotopic (exact) mass is 377 g/mol. The van der Waals surface area contributed by atoms with Crippen LogP contribution in [0.15, 0.2) is 40.5 Å². The van der Waals surface area contributed by atoms with Crippen molar-refractivity contribution in [3.05, 3.63) is 46.1 Å². The summed E-state index contributed by atoms with van der Waals surface area (Å²) in [6, 6.07) is 9.79. The minimum atomic E-state index is -0.255. The largest absolute Gasteiger partial charge is 0.386 e. The van der Waals surface area contributed by atoms with E-state index in [2.05, 4.69) is 21.2 Å². The number of nitrogens with zero attached hydrogens (tertiary/aromatic N) is 2. The lowest BCUT2D eigenvalue weighted by Gasteiger charge is -2.35. The van der Waals surface area contributed by atoms with E-state index in [9.17, 15) is 10.1 Å². The molecule has 1 amide bonds. The van der Waals surface area contributed by atoms with Crippen molar-refractivity contribution in [1.29, 1.82) is 5.26 Å². The van der Waals surface area contributed by atoms with Crippen LogP contribution in [0, 0.1) is 11.3 Å². The third kappa shape index (κ3) is 4.81. The molecular formula is C17H20BrN3O2. The number of carbonyl (C=O) groups excluding carboxylic acids is 1. The summed E-state index contributed by atoms with van der Waals surface area (Å²) >= 11 is 3.47. The molecule has 122 valence electrons. The van der Waals surface area contributed by atoms with Crippen LogP contribution in [0.3, 0.4) is 0 Å². The zero-order valence-corrected chi connectivity index (χ0v) is 14.8. The summed E-state index contributed by atoms with van der Waals surface area (Å²) in [5, 5.41) is 12.3. The van der Waals surface area contributed by atoms with E-state index in [0.29, 0.717) is 19.6 Å². The number of rotatable bonds is 4. The van der Waals surface area contributed by atoms with Crippen molar-refractivity contribution in [2.45, 2.75) is 32.6 Å². The molecule has 2 unspecified atom stereocenters. The Balaban J connectivity index is 2.00. The molecule has 1 aliphatic heterocycles. The zero-order chi connectivity index (χ0) is 16.8. The highest BCUT2D eigenvalue weighted by atomic mass is 79.9. The molecule has 1 aromatic rings. The van der Waals surface area contributed by atoms with E-state index in [-0.39, 0.29) is 23.7 Å². The fourth-order valence-corrected chi connectivity index (χ4v) is 2.99. The molecule has 0 radical (unpaired) electrons. The SMILES string of the molecule is CC1CN(C(=O)/C(C#N)=C\NCc2ccccc2Br)CC(C)O1. The molecule has 0 bridgehead atoms. The maximum Gasteiger partial charge on any atom is 0.266 e. The van der Waals surface area contributed by atoms with Crippen molar-refractivity contribution in [3.8, 4) is 6.07 Å². The second-order valence-corrected chi connectivity index (χ2v) is 6.46. The summed E-state index contributed by atoms with van der Waals surface area (Å²) < 4.78 is 6.60. The van der Waals surface area contributed by atoms with Gasteiger partial charge in [0.1, 0.15) is 11.6 Å². The Hall–Kier alpha value is -1.84. The van der Waals surface area contributed by atoms with Crippen molar-refractivity contribution >= 4 is 21.8 Å². The lowest BCUT2D eigenvalue weighted by Crippen LogP contribution is -2.48. The van der Waals surface area contributed by atoms with Crippen LogP contribution >= 0.6 is 15.9 Å². The van der Waals surface area contributed by atoms with Crippen LogP contribution in [0.1, 0.15) is 19.4 Å². The van der Waals surface area contributed by atoms with Gasteiger partial charge in [0.25, 0.3) is 5.91 Å². The Morgan fingerprint density at radius 2 is 2.09 bits per heavy atom. The summed E-state index contributed by atoms with van der Waals surface area (Å²) in [7, 11) is 0. The normalized spacial score (nSPS) is 21.7. The van der Waals surface area contributed by atoms with Gasteiger partial charge in [-0.1, -0.05) is 34.1 Å². The zero-order valence-electron chi connectivity index (χ0n) is 13.3. The molecule has 0 saturated carbocycles. The average molecular weight is 378 g/mol. The minimum absolute atomic E-state index is 0.0177. The van der Waals surface area contributed by atoms with Gasteiger partial charge in [-0.05, 0) is 25.5 Å². The van der Waals surface area contributed by atoms with E-state index in [1.165, 1.54) is 6.20 Å². The van der Waals surface area contributed by atoms with Crippen LogP contribution in [0.4, 0.5) is 0 Å². The van der Waals surface area contributed by atoms with Crippen LogP contribution in [0.2, 0.25) is 0 Å². The van der Waals surface area contributed by atoms with Gasteiger partial charge in [-0.3, -0.25) is 4.79 Å².